The Labute approximate surface area is 303 Å². The number of ether oxygens (including phenoxy) is 4. The zero-order valence-corrected chi connectivity index (χ0v) is 29.5. The van der Waals surface area contributed by atoms with Crippen molar-refractivity contribution >= 4 is 45.6 Å². The van der Waals surface area contributed by atoms with Gasteiger partial charge in [0.2, 0.25) is 11.6 Å². The summed E-state index contributed by atoms with van der Waals surface area (Å²) in [5.74, 6) is -6.54. The van der Waals surface area contributed by atoms with Gasteiger partial charge >= 0.3 is 11.9 Å². The number of hydrogen-bond acceptors (Lipinski definition) is 11. The fraction of sp³-hybridized carbons (Fsp3) is 0.231. The molecule has 0 aliphatic rings. The first-order valence-electron chi connectivity index (χ1n) is 16.0. The molecule has 0 radical (unpaired) electrons. The Morgan fingerprint density at radius 3 is 1.83 bits per heavy atom. The molecule has 0 spiro atoms. The Kier molecular flexibility index (Phi) is 11.4. The Hall–Kier alpha value is -5.60. The normalized spacial score (nSPS) is 14.8. The van der Waals surface area contributed by atoms with Crippen molar-refractivity contribution in [2.45, 2.75) is 30.0 Å². The molecule has 0 amide bonds. The summed E-state index contributed by atoms with van der Waals surface area (Å²) >= 11 is 1.35. The number of carboxylic acids is 2. The first-order chi connectivity index (χ1) is 24.9. The lowest BCUT2D eigenvalue weighted by Gasteiger charge is -2.42. The van der Waals surface area contributed by atoms with E-state index in [1.807, 2.05) is 41.8 Å². The third kappa shape index (κ3) is 7.12. The monoisotopic (exact) mass is 727 g/mol. The van der Waals surface area contributed by atoms with Gasteiger partial charge in [-0.15, -0.1) is 11.3 Å². The van der Waals surface area contributed by atoms with Gasteiger partial charge in [-0.1, -0.05) is 42.5 Å². The van der Waals surface area contributed by atoms with Crippen LogP contribution in [0, 0.1) is 0 Å². The lowest BCUT2D eigenvalue weighted by Crippen LogP contribution is -2.74. The van der Waals surface area contributed by atoms with E-state index in [9.17, 15) is 34.5 Å². The molecule has 4 atom stereocenters. The van der Waals surface area contributed by atoms with Crippen molar-refractivity contribution in [3.63, 3.8) is 0 Å². The van der Waals surface area contributed by atoms with Crippen LogP contribution in [0.15, 0.2) is 109 Å². The largest absolute Gasteiger partial charge is 0.497 e. The first-order valence-corrected chi connectivity index (χ1v) is 16.8. The topological polar surface area (TPSA) is 169 Å². The summed E-state index contributed by atoms with van der Waals surface area (Å²) in [6.45, 7) is 0. The molecule has 0 fully saturated rings. The van der Waals surface area contributed by atoms with Crippen molar-refractivity contribution in [1.29, 1.82) is 0 Å². The van der Waals surface area contributed by atoms with Gasteiger partial charge in [-0.05, 0) is 85.5 Å². The average molecular weight is 728 g/mol. The van der Waals surface area contributed by atoms with Crippen molar-refractivity contribution in [3.8, 4) is 17.2 Å². The van der Waals surface area contributed by atoms with Gasteiger partial charge in [0.15, 0.2) is 0 Å². The Morgan fingerprint density at radius 2 is 1.31 bits per heavy atom. The Bertz CT molecular complexity index is 2040. The summed E-state index contributed by atoms with van der Waals surface area (Å²) in [7, 11) is 5.79. The van der Waals surface area contributed by atoms with E-state index in [2.05, 4.69) is 0 Å². The number of hydrogen-bond donors (Lipinski definition) is 3. The van der Waals surface area contributed by atoms with Gasteiger partial charge in [0.1, 0.15) is 29.6 Å². The number of ketones is 2. The average Bonchev–Trinajstić information content (AvgIpc) is 3.70. The molecule has 5 rings (SSSR count). The molecule has 0 saturated heterocycles. The second-order valence-electron chi connectivity index (χ2n) is 12.0. The van der Waals surface area contributed by atoms with Crippen LogP contribution < -0.4 is 14.2 Å². The number of fused-ring (bicyclic) bond motifs is 1. The second kappa shape index (κ2) is 15.7. The minimum absolute atomic E-state index is 0.186. The van der Waals surface area contributed by atoms with Gasteiger partial charge in [-0.3, -0.25) is 14.5 Å². The summed E-state index contributed by atoms with van der Waals surface area (Å²) in [6.07, 6.45) is -2.47. The molecule has 1 aromatic heterocycles. The van der Waals surface area contributed by atoms with Crippen LogP contribution in [-0.2, 0) is 14.3 Å². The number of nitrogens with zero attached hydrogens (tertiary/aromatic N) is 1. The van der Waals surface area contributed by atoms with Gasteiger partial charge in [0.05, 0.1) is 14.2 Å². The fourth-order valence-electron chi connectivity index (χ4n) is 5.81. The lowest BCUT2D eigenvalue weighted by atomic mass is 9.72. The lowest BCUT2D eigenvalue weighted by molar-refractivity contribution is -0.218. The second-order valence-corrected chi connectivity index (χ2v) is 13.0. The molecule has 13 heteroatoms. The number of aliphatic carboxylic acids is 2. The van der Waals surface area contributed by atoms with Crippen molar-refractivity contribution < 1.29 is 53.4 Å². The molecule has 0 bridgehead atoms. The third-order valence-electron chi connectivity index (χ3n) is 8.66. The molecular weight excluding hydrogens is 690 g/mol. The number of carbonyl (C=O) groups excluding carboxylic acids is 2. The maximum Gasteiger partial charge on any atom is 0.348 e. The predicted octanol–water partition coefficient (Wildman–Crippen LogP) is 5.74. The van der Waals surface area contributed by atoms with Crippen LogP contribution in [0.1, 0.15) is 38.1 Å². The van der Waals surface area contributed by atoms with E-state index < -0.39 is 52.6 Å². The zero-order valence-electron chi connectivity index (χ0n) is 28.7. The number of carboxylic acid groups (broad SMARTS) is 2. The first kappa shape index (κ1) is 37.7. The summed E-state index contributed by atoms with van der Waals surface area (Å²) in [6, 6.07) is 26.7. The molecule has 270 valence electrons. The molecule has 52 heavy (non-hydrogen) atoms. The standard InChI is InChI=1S/C39H37NO11S/c1-40(2)33(23-31(32-13-8-22-52-32)50-30-12-7-10-24-9-5-6-11-29(24)30)51-39(37(45)46,35(42)26-16-20-28(49-4)21-17-26)38(47,36(43)44)34(41)25-14-18-27(48-3)19-15-25/h5-22,31,33,47H,23H2,1-4H3,(H,43,44)(H,45,46)/t31-,33?,38?,39?/m1/s1. The summed E-state index contributed by atoms with van der Waals surface area (Å²) < 4.78 is 23.1. The minimum atomic E-state index is -4.01. The SMILES string of the molecule is COc1ccc(C(=O)C(O)(C(=O)O)C(OC(C[C@@H](Oc2cccc3ccccc23)c2cccs2)N(C)C)(C(=O)O)C(=O)c2ccc(OC)cc2)cc1. The van der Waals surface area contributed by atoms with Crippen LogP contribution in [0.2, 0.25) is 0 Å². The van der Waals surface area contributed by atoms with E-state index >= 15 is 0 Å². The van der Waals surface area contributed by atoms with Crippen molar-refractivity contribution in [2.75, 3.05) is 28.3 Å². The smallest absolute Gasteiger partial charge is 0.348 e. The zero-order chi connectivity index (χ0) is 37.6. The van der Waals surface area contributed by atoms with Crippen LogP contribution in [-0.4, -0.2) is 89.5 Å². The van der Waals surface area contributed by atoms with Gasteiger partial charge in [0, 0.05) is 27.8 Å². The summed E-state index contributed by atoms with van der Waals surface area (Å²) in [5.41, 5.74) is -8.55. The molecule has 1 heterocycles. The van der Waals surface area contributed by atoms with Crippen LogP contribution in [0.5, 0.6) is 17.2 Å². The quantitative estimate of drug-likeness (QED) is 0.0605. The number of benzene rings is 4. The number of carbonyl (C=O) groups is 4. The Morgan fingerprint density at radius 1 is 0.731 bits per heavy atom. The van der Waals surface area contributed by atoms with Crippen molar-refractivity contribution in [1.82, 2.24) is 4.90 Å². The number of thiophene rings is 1. The van der Waals surface area contributed by atoms with E-state index in [0.29, 0.717) is 22.1 Å². The number of rotatable bonds is 17. The molecule has 5 aromatic rings. The van der Waals surface area contributed by atoms with E-state index in [1.165, 1.54) is 80.9 Å². The molecule has 3 N–H and O–H groups in total. The number of Topliss-reactive ketones (excluding diaryl/α,β-unsaturated/α-hetero) is 2. The van der Waals surface area contributed by atoms with Crippen LogP contribution in [0.4, 0.5) is 0 Å². The van der Waals surface area contributed by atoms with Gasteiger partial charge in [-0.2, -0.15) is 0 Å². The molecule has 4 aromatic carbocycles. The molecule has 3 unspecified atom stereocenters. The fourth-order valence-corrected chi connectivity index (χ4v) is 6.58. The predicted molar refractivity (Wildman–Crippen MR) is 192 cm³/mol. The van der Waals surface area contributed by atoms with Crippen LogP contribution in [0.3, 0.4) is 0 Å². The number of aliphatic hydroxyl groups is 1. The van der Waals surface area contributed by atoms with Crippen molar-refractivity contribution in [2.24, 2.45) is 0 Å². The highest BCUT2D eigenvalue weighted by molar-refractivity contribution is 7.10. The molecule has 0 aliphatic carbocycles. The van der Waals surface area contributed by atoms with Crippen molar-refractivity contribution in [3.05, 3.63) is 125 Å². The van der Waals surface area contributed by atoms with Gasteiger partial charge in [0.25, 0.3) is 11.2 Å². The molecule has 12 nitrogen and oxygen atoms in total. The van der Waals surface area contributed by atoms with E-state index in [4.69, 9.17) is 18.9 Å². The summed E-state index contributed by atoms with van der Waals surface area (Å²) in [5, 5.41) is 37.4. The number of methoxy groups -OCH3 is 2. The highest BCUT2D eigenvalue weighted by Gasteiger charge is 2.72. The molecular formula is C39H37NO11S. The highest BCUT2D eigenvalue weighted by Crippen LogP contribution is 2.40. The molecule has 0 aliphatic heterocycles. The van der Waals surface area contributed by atoms with Crippen LogP contribution in [0.25, 0.3) is 10.8 Å². The van der Waals surface area contributed by atoms with Gasteiger partial charge in [-0.25, -0.2) is 9.59 Å². The third-order valence-corrected chi connectivity index (χ3v) is 9.62. The van der Waals surface area contributed by atoms with E-state index in [-0.39, 0.29) is 12.0 Å². The highest BCUT2D eigenvalue weighted by atomic mass is 32.1. The Balaban J connectivity index is 1.67. The molecule has 0 saturated carbocycles. The maximum absolute atomic E-state index is 14.6. The van der Waals surface area contributed by atoms with Crippen LogP contribution >= 0.6 is 11.3 Å². The minimum Gasteiger partial charge on any atom is -0.497 e. The summed E-state index contributed by atoms with van der Waals surface area (Å²) in [4.78, 5) is 57.8. The van der Waals surface area contributed by atoms with Gasteiger partial charge < -0.3 is 34.3 Å². The maximum atomic E-state index is 14.6. The van der Waals surface area contributed by atoms with E-state index in [1.54, 1.807) is 18.2 Å². The van der Waals surface area contributed by atoms with E-state index in [0.717, 1.165) is 22.9 Å².